The molecular formula is C13H22N4O. The first-order chi connectivity index (χ1) is 8.51. The van der Waals surface area contributed by atoms with E-state index in [-0.39, 0.29) is 11.9 Å². The second-order valence-corrected chi connectivity index (χ2v) is 4.61. The summed E-state index contributed by atoms with van der Waals surface area (Å²) in [6.45, 7) is 8.66. The van der Waals surface area contributed by atoms with E-state index in [9.17, 15) is 4.79 Å². The number of anilines is 1. The third-order valence-electron chi connectivity index (χ3n) is 2.78. The number of aromatic nitrogens is 1. The Balaban J connectivity index is 3.08. The van der Waals surface area contributed by atoms with E-state index in [1.807, 2.05) is 25.7 Å². The minimum Gasteiger partial charge on any atom is -0.336 e. The summed E-state index contributed by atoms with van der Waals surface area (Å²) in [4.78, 5) is 18.5. The molecule has 0 aliphatic heterocycles. The van der Waals surface area contributed by atoms with Crippen molar-refractivity contribution in [1.82, 2.24) is 9.88 Å². The number of nitrogens with zero attached hydrogens (tertiary/aromatic N) is 2. The molecule has 0 aliphatic rings. The van der Waals surface area contributed by atoms with Crippen molar-refractivity contribution < 1.29 is 4.79 Å². The van der Waals surface area contributed by atoms with Crippen molar-refractivity contribution in [3.05, 3.63) is 23.5 Å². The molecule has 0 radical (unpaired) electrons. The van der Waals surface area contributed by atoms with Gasteiger partial charge in [-0.25, -0.2) is 0 Å². The molecule has 0 aromatic carbocycles. The molecule has 1 aromatic rings. The van der Waals surface area contributed by atoms with Crippen molar-refractivity contribution in [2.75, 3.05) is 12.0 Å². The number of hydrogen-bond donors (Lipinski definition) is 2. The first-order valence-electron chi connectivity index (χ1n) is 6.25. The molecule has 3 N–H and O–H groups in total. The third-order valence-corrected chi connectivity index (χ3v) is 2.78. The van der Waals surface area contributed by atoms with Gasteiger partial charge in [0.05, 0.1) is 11.3 Å². The highest BCUT2D eigenvalue weighted by atomic mass is 16.2. The van der Waals surface area contributed by atoms with Gasteiger partial charge in [0.2, 0.25) is 0 Å². The number of rotatable bonds is 5. The third kappa shape index (κ3) is 3.20. The fourth-order valence-electron chi connectivity index (χ4n) is 1.84. The quantitative estimate of drug-likeness (QED) is 0.619. The van der Waals surface area contributed by atoms with Crippen LogP contribution in [0.15, 0.2) is 12.3 Å². The molecule has 0 bridgehead atoms. The van der Waals surface area contributed by atoms with Gasteiger partial charge in [0.25, 0.3) is 5.91 Å². The summed E-state index contributed by atoms with van der Waals surface area (Å²) in [5.74, 6) is 5.42. The molecule has 100 valence electrons. The zero-order valence-electron chi connectivity index (χ0n) is 11.5. The van der Waals surface area contributed by atoms with Gasteiger partial charge < -0.3 is 10.3 Å². The van der Waals surface area contributed by atoms with Crippen LogP contribution < -0.4 is 11.3 Å². The molecule has 5 heteroatoms. The maximum Gasteiger partial charge on any atom is 0.257 e. The van der Waals surface area contributed by atoms with Crippen molar-refractivity contribution in [2.45, 2.75) is 40.2 Å². The SMILES string of the molecule is CCCN(C(=O)c1cnc(C)cc1NN)C(C)C. The molecule has 0 aliphatic carbocycles. The number of carbonyl (C=O) groups excluding carboxylic acids is 1. The number of aryl methyl sites for hydroxylation is 1. The number of carbonyl (C=O) groups is 1. The standard InChI is InChI=1S/C13H22N4O/c1-5-6-17(9(2)3)13(18)11-8-15-10(4)7-12(11)16-14/h7-9H,5-6,14H2,1-4H3,(H,15,16). The Kier molecular flexibility index (Phi) is 5.09. The predicted molar refractivity (Wildman–Crippen MR) is 73.2 cm³/mol. The number of nitrogen functional groups attached to an aromatic ring is 1. The van der Waals surface area contributed by atoms with Gasteiger partial charge in [-0.05, 0) is 33.3 Å². The Morgan fingerprint density at radius 2 is 2.22 bits per heavy atom. The van der Waals surface area contributed by atoms with Crippen LogP contribution in [-0.2, 0) is 0 Å². The predicted octanol–water partition coefficient (Wildman–Crippen LogP) is 1.94. The van der Waals surface area contributed by atoms with E-state index in [0.29, 0.717) is 11.3 Å². The summed E-state index contributed by atoms with van der Waals surface area (Å²) in [7, 11) is 0. The van der Waals surface area contributed by atoms with Crippen LogP contribution in [0.3, 0.4) is 0 Å². The maximum absolute atomic E-state index is 12.5. The molecular weight excluding hydrogens is 228 g/mol. The molecule has 18 heavy (non-hydrogen) atoms. The maximum atomic E-state index is 12.5. The summed E-state index contributed by atoms with van der Waals surface area (Å²) in [5.41, 5.74) is 4.53. The highest BCUT2D eigenvalue weighted by Crippen LogP contribution is 2.18. The molecule has 0 spiro atoms. The fourth-order valence-corrected chi connectivity index (χ4v) is 1.84. The van der Waals surface area contributed by atoms with E-state index in [2.05, 4.69) is 17.3 Å². The lowest BCUT2D eigenvalue weighted by molar-refractivity contribution is 0.0706. The minimum absolute atomic E-state index is 0.0349. The first-order valence-corrected chi connectivity index (χ1v) is 6.25. The molecule has 0 saturated carbocycles. The molecule has 5 nitrogen and oxygen atoms in total. The lowest BCUT2D eigenvalue weighted by Crippen LogP contribution is -2.38. The van der Waals surface area contributed by atoms with Crippen LogP contribution >= 0.6 is 0 Å². The van der Waals surface area contributed by atoms with E-state index < -0.39 is 0 Å². The zero-order valence-corrected chi connectivity index (χ0v) is 11.5. The van der Waals surface area contributed by atoms with E-state index in [0.717, 1.165) is 18.7 Å². The average molecular weight is 250 g/mol. The van der Waals surface area contributed by atoms with Crippen LogP contribution in [0.1, 0.15) is 43.2 Å². The average Bonchev–Trinajstić information content (AvgIpc) is 2.34. The topological polar surface area (TPSA) is 71.2 Å². The van der Waals surface area contributed by atoms with Crippen molar-refractivity contribution in [3.8, 4) is 0 Å². The minimum atomic E-state index is -0.0349. The molecule has 0 unspecified atom stereocenters. The van der Waals surface area contributed by atoms with Gasteiger partial charge in [0, 0.05) is 24.5 Å². The fraction of sp³-hybridized carbons (Fsp3) is 0.538. The smallest absolute Gasteiger partial charge is 0.257 e. The van der Waals surface area contributed by atoms with Crippen molar-refractivity contribution in [3.63, 3.8) is 0 Å². The van der Waals surface area contributed by atoms with E-state index in [4.69, 9.17) is 5.84 Å². The summed E-state index contributed by atoms with van der Waals surface area (Å²) >= 11 is 0. The summed E-state index contributed by atoms with van der Waals surface area (Å²) in [5, 5.41) is 0. The Morgan fingerprint density at radius 3 is 2.72 bits per heavy atom. The lowest BCUT2D eigenvalue weighted by atomic mass is 10.1. The second-order valence-electron chi connectivity index (χ2n) is 4.61. The summed E-state index contributed by atoms with van der Waals surface area (Å²) in [6.07, 6.45) is 2.51. The van der Waals surface area contributed by atoms with Crippen LogP contribution in [0, 0.1) is 6.92 Å². The molecule has 1 heterocycles. The van der Waals surface area contributed by atoms with Crippen LogP contribution in [0.5, 0.6) is 0 Å². The van der Waals surface area contributed by atoms with Crippen LogP contribution in [0.2, 0.25) is 0 Å². The van der Waals surface area contributed by atoms with Gasteiger partial charge in [0.15, 0.2) is 0 Å². The first kappa shape index (κ1) is 14.4. The molecule has 0 atom stereocenters. The molecule has 0 fully saturated rings. The molecule has 1 rings (SSSR count). The van der Waals surface area contributed by atoms with Gasteiger partial charge >= 0.3 is 0 Å². The molecule has 1 aromatic heterocycles. The van der Waals surface area contributed by atoms with E-state index in [1.165, 1.54) is 0 Å². The summed E-state index contributed by atoms with van der Waals surface area (Å²) in [6, 6.07) is 1.93. The van der Waals surface area contributed by atoms with Crippen molar-refractivity contribution >= 4 is 11.6 Å². The van der Waals surface area contributed by atoms with Gasteiger partial charge in [-0.1, -0.05) is 6.92 Å². The van der Waals surface area contributed by atoms with Crippen molar-refractivity contribution in [2.24, 2.45) is 5.84 Å². The van der Waals surface area contributed by atoms with Gasteiger partial charge in [0.1, 0.15) is 0 Å². The largest absolute Gasteiger partial charge is 0.336 e. The Morgan fingerprint density at radius 1 is 1.56 bits per heavy atom. The second kappa shape index (κ2) is 6.35. The number of nitrogens with one attached hydrogen (secondary N) is 1. The highest BCUT2D eigenvalue weighted by Gasteiger charge is 2.20. The Bertz CT molecular complexity index is 417. The number of hydrazine groups is 1. The van der Waals surface area contributed by atoms with E-state index in [1.54, 1.807) is 12.3 Å². The molecule has 1 amide bonds. The zero-order chi connectivity index (χ0) is 13.7. The highest BCUT2D eigenvalue weighted by molar-refractivity contribution is 5.99. The number of pyridine rings is 1. The summed E-state index contributed by atoms with van der Waals surface area (Å²) < 4.78 is 0. The lowest BCUT2D eigenvalue weighted by Gasteiger charge is -2.27. The van der Waals surface area contributed by atoms with Crippen LogP contribution in [0.25, 0.3) is 0 Å². The van der Waals surface area contributed by atoms with E-state index >= 15 is 0 Å². The Labute approximate surface area is 108 Å². The van der Waals surface area contributed by atoms with Crippen molar-refractivity contribution in [1.29, 1.82) is 0 Å². The van der Waals surface area contributed by atoms with Crippen LogP contribution in [0.4, 0.5) is 5.69 Å². The molecule has 0 saturated heterocycles. The number of nitrogens with two attached hydrogens (primary N) is 1. The number of hydrogen-bond acceptors (Lipinski definition) is 4. The normalized spacial score (nSPS) is 10.6. The van der Waals surface area contributed by atoms with Gasteiger partial charge in [-0.2, -0.15) is 0 Å². The number of amides is 1. The monoisotopic (exact) mass is 250 g/mol. The Hall–Kier alpha value is -1.62. The van der Waals surface area contributed by atoms with Gasteiger partial charge in [-0.15, -0.1) is 0 Å². The van der Waals surface area contributed by atoms with Gasteiger partial charge in [-0.3, -0.25) is 15.6 Å². The van der Waals surface area contributed by atoms with Crippen LogP contribution in [-0.4, -0.2) is 28.4 Å².